The topological polar surface area (TPSA) is 75.3 Å². The van der Waals surface area contributed by atoms with Gasteiger partial charge in [-0.25, -0.2) is 13.1 Å². The van der Waals surface area contributed by atoms with E-state index in [0.717, 1.165) is 11.1 Å². The fourth-order valence-corrected chi connectivity index (χ4v) is 3.85. The van der Waals surface area contributed by atoms with E-state index in [-0.39, 0.29) is 16.8 Å². The average molecular weight is 330 g/mol. The zero-order chi connectivity index (χ0) is 16.3. The second-order valence-electron chi connectivity index (χ2n) is 5.55. The Bertz CT molecular complexity index is 776. The van der Waals surface area contributed by atoms with Crippen molar-refractivity contribution in [3.05, 3.63) is 54.6 Å². The zero-order valence-corrected chi connectivity index (χ0v) is 13.3. The maximum Gasteiger partial charge on any atom is 0.240 e. The second kappa shape index (κ2) is 6.52. The number of carbonyl (C=O) groups excluding carboxylic acids is 1. The third-order valence-electron chi connectivity index (χ3n) is 3.86. The second-order valence-corrected chi connectivity index (χ2v) is 7.27. The monoisotopic (exact) mass is 330 g/mol. The van der Waals surface area contributed by atoms with Crippen LogP contribution in [0.5, 0.6) is 0 Å². The van der Waals surface area contributed by atoms with Crippen LogP contribution in [0.25, 0.3) is 11.1 Å². The minimum Gasteiger partial charge on any atom is -0.355 e. The number of hydrogen-bond acceptors (Lipinski definition) is 3. The van der Waals surface area contributed by atoms with Gasteiger partial charge < -0.3 is 5.32 Å². The molecule has 0 saturated carbocycles. The molecule has 1 aliphatic rings. The lowest BCUT2D eigenvalue weighted by Gasteiger charge is -2.23. The molecule has 1 heterocycles. The first-order chi connectivity index (χ1) is 11.0. The summed E-state index contributed by atoms with van der Waals surface area (Å²) in [4.78, 5) is 11.4. The molecule has 0 spiro atoms. The molecule has 120 valence electrons. The molecule has 6 heteroatoms. The van der Waals surface area contributed by atoms with Gasteiger partial charge in [-0.2, -0.15) is 0 Å². The van der Waals surface area contributed by atoms with E-state index in [0.29, 0.717) is 19.4 Å². The van der Waals surface area contributed by atoms with Gasteiger partial charge in [-0.15, -0.1) is 0 Å². The molecule has 1 aliphatic heterocycles. The van der Waals surface area contributed by atoms with Crippen molar-refractivity contribution in [2.24, 2.45) is 0 Å². The summed E-state index contributed by atoms with van der Waals surface area (Å²) in [5.41, 5.74) is 2.01. The van der Waals surface area contributed by atoms with Crippen LogP contribution >= 0.6 is 0 Å². The molecule has 1 amide bonds. The highest BCUT2D eigenvalue weighted by Crippen LogP contribution is 2.21. The van der Waals surface area contributed by atoms with Crippen molar-refractivity contribution < 1.29 is 13.2 Å². The number of amides is 1. The van der Waals surface area contributed by atoms with E-state index in [2.05, 4.69) is 10.0 Å². The van der Waals surface area contributed by atoms with Crippen molar-refractivity contribution in [2.45, 2.75) is 23.8 Å². The Kier molecular flexibility index (Phi) is 4.45. The number of nitrogens with one attached hydrogen (secondary N) is 2. The molecular formula is C17H18N2O3S. The van der Waals surface area contributed by atoms with E-state index in [9.17, 15) is 13.2 Å². The summed E-state index contributed by atoms with van der Waals surface area (Å²) in [6.45, 7) is 0.333. The van der Waals surface area contributed by atoms with Gasteiger partial charge in [0.2, 0.25) is 15.9 Å². The van der Waals surface area contributed by atoms with Crippen molar-refractivity contribution in [1.82, 2.24) is 10.0 Å². The Balaban J connectivity index is 1.74. The fourth-order valence-electron chi connectivity index (χ4n) is 2.58. The van der Waals surface area contributed by atoms with Gasteiger partial charge in [0.25, 0.3) is 0 Å². The van der Waals surface area contributed by atoms with Crippen molar-refractivity contribution in [3.8, 4) is 11.1 Å². The first-order valence-corrected chi connectivity index (χ1v) is 8.97. The molecule has 2 aromatic rings. The van der Waals surface area contributed by atoms with Crippen LogP contribution in [-0.4, -0.2) is 26.9 Å². The van der Waals surface area contributed by atoms with Crippen LogP contribution in [0.15, 0.2) is 59.5 Å². The first kappa shape index (κ1) is 15.7. The molecule has 2 aromatic carbocycles. The normalized spacial score (nSPS) is 18.4. The molecule has 0 unspecified atom stereocenters. The summed E-state index contributed by atoms with van der Waals surface area (Å²) < 4.78 is 27.5. The van der Waals surface area contributed by atoms with Gasteiger partial charge in [-0.1, -0.05) is 42.5 Å². The molecule has 5 nitrogen and oxygen atoms in total. The van der Waals surface area contributed by atoms with E-state index in [4.69, 9.17) is 0 Å². The van der Waals surface area contributed by atoms with Gasteiger partial charge in [0.1, 0.15) is 0 Å². The van der Waals surface area contributed by atoms with E-state index >= 15 is 0 Å². The lowest BCUT2D eigenvalue weighted by atomic mass is 10.1. The molecule has 1 fully saturated rings. The summed E-state index contributed by atoms with van der Waals surface area (Å²) >= 11 is 0. The highest BCUT2D eigenvalue weighted by atomic mass is 32.2. The molecule has 23 heavy (non-hydrogen) atoms. The average Bonchev–Trinajstić information content (AvgIpc) is 2.58. The van der Waals surface area contributed by atoms with Crippen molar-refractivity contribution in [1.29, 1.82) is 0 Å². The summed E-state index contributed by atoms with van der Waals surface area (Å²) in [5, 5.41) is 2.67. The largest absolute Gasteiger partial charge is 0.355 e. The number of piperidine rings is 1. The van der Waals surface area contributed by atoms with Crippen LogP contribution in [-0.2, 0) is 14.8 Å². The van der Waals surface area contributed by atoms with Crippen molar-refractivity contribution in [2.75, 3.05) is 6.54 Å². The maximum absolute atomic E-state index is 12.4. The van der Waals surface area contributed by atoms with Crippen molar-refractivity contribution in [3.63, 3.8) is 0 Å². The molecule has 0 aliphatic carbocycles. The number of rotatable bonds is 4. The smallest absolute Gasteiger partial charge is 0.240 e. The van der Waals surface area contributed by atoms with Gasteiger partial charge >= 0.3 is 0 Å². The van der Waals surface area contributed by atoms with Crippen LogP contribution in [0.1, 0.15) is 12.8 Å². The molecule has 1 saturated heterocycles. The van der Waals surface area contributed by atoms with Crippen molar-refractivity contribution >= 4 is 15.9 Å². The van der Waals surface area contributed by atoms with Gasteiger partial charge in [0.05, 0.1) is 4.90 Å². The predicted molar refractivity (Wildman–Crippen MR) is 88.2 cm³/mol. The summed E-state index contributed by atoms with van der Waals surface area (Å²) in [6.07, 6.45) is 0.868. The summed E-state index contributed by atoms with van der Waals surface area (Å²) in [5.74, 6) is -0.0346. The van der Waals surface area contributed by atoms with Gasteiger partial charge in [0, 0.05) is 19.0 Å². The SMILES string of the molecule is O=C1CC[C@H](NS(=O)(=O)c2ccc(-c3ccccc3)cc2)CN1. The number of carbonyl (C=O) groups is 1. The van der Waals surface area contributed by atoms with E-state index in [1.165, 1.54) is 0 Å². The minimum absolute atomic E-state index is 0.0346. The fraction of sp³-hybridized carbons (Fsp3) is 0.235. The summed E-state index contributed by atoms with van der Waals surface area (Å²) in [6, 6.07) is 16.3. The van der Waals surface area contributed by atoms with Crippen LogP contribution in [0.3, 0.4) is 0 Å². The maximum atomic E-state index is 12.4. The Morgan fingerprint density at radius 3 is 2.22 bits per heavy atom. The molecule has 2 N–H and O–H groups in total. The highest BCUT2D eigenvalue weighted by molar-refractivity contribution is 7.89. The Labute approximate surface area is 135 Å². The molecular weight excluding hydrogens is 312 g/mol. The minimum atomic E-state index is -3.58. The van der Waals surface area contributed by atoms with Crippen LogP contribution in [0.2, 0.25) is 0 Å². The van der Waals surface area contributed by atoms with Crippen LogP contribution in [0.4, 0.5) is 0 Å². The highest BCUT2D eigenvalue weighted by Gasteiger charge is 2.24. The molecule has 3 rings (SSSR count). The first-order valence-electron chi connectivity index (χ1n) is 7.49. The Morgan fingerprint density at radius 2 is 1.61 bits per heavy atom. The molecule has 1 atom stereocenters. The van der Waals surface area contributed by atoms with E-state index < -0.39 is 10.0 Å². The molecule has 0 radical (unpaired) electrons. The molecule has 0 bridgehead atoms. The van der Waals surface area contributed by atoms with E-state index in [1.807, 2.05) is 30.3 Å². The lowest BCUT2D eigenvalue weighted by molar-refractivity contribution is -0.122. The standard InChI is InChI=1S/C17H18N2O3S/c20-17-11-8-15(12-18-17)19-23(21,22)16-9-6-14(7-10-16)13-4-2-1-3-5-13/h1-7,9-10,15,19H,8,11-12H2,(H,18,20)/t15-/m0/s1. The van der Waals surface area contributed by atoms with Crippen LogP contribution < -0.4 is 10.0 Å². The Morgan fingerprint density at radius 1 is 0.957 bits per heavy atom. The number of sulfonamides is 1. The van der Waals surface area contributed by atoms with Crippen LogP contribution in [0, 0.1) is 0 Å². The van der Waals surface area contributed by atoms with E-state index in [1.54, 1.807) is 24.3 Å². The van der Waals surface area contributed by atoms with Gasteiger partial charge in [0.15, 0.2) is 0 Å². The Hall–Kier alpha value is -2.18. The quantitative estimate of drug-likeness (QED) is 0.899. The summed E-state index contributed by atoms with van der Waals surface area (Å²) in [7, 11) is -3.58. The zero-order valence-electron chi connectivity index (χ0n) is 12.5. The lowest BCUT2D eigenvalue weighted by Crippen LogP contribution is -2.47. The number of benzene rings is 2. The number of hydrogen-bond donors (Lipinski definition) is 2. The molecule has 0 aromatic heterocycles. The van der Waals surface area contributed by atoms with Gasteiger partial charge in [-0.05, 0) is 29.7 Å². The third kappa shape index (κ3) is 3.78. The van der Waals surface area contributed by atoms with Gasteiger partial charge in [-0.3, -0.25) is 4.79 Å². The predicted octanol–water partition coefficient (Wildman–Crippen LogP) is 1.91. The third-order valence-corrected chi connectivity index (χ3v) is 5.40.